The number of aromatic nitrogens is 3. The Morgan fingerprint density at radius 1 is 0.737 bits per heavy atom. The molecule has 0 N–H and O–H groups in total. The summed E-state index contributed by atoms with van der Waals surface area (Å²) in [5, 5.41) is 5.15. The zero-order valence-electron chi connectivity index (χ0n) is 20.8. The van der Waals surface area contributed by atoms with Crippen molar-refractivity contribution in [1.82, 2.24) is 15.1 Å². The van der Waals surface area contributed by atoms with Gasteiger partial charge in [-0.2, -0.15) is 4.98 Å². The summed E-state index contributed by atoms with van der Waals surface area (Å²) in [4.78, 5) is 9.47. The molecule has 186 valence electrons. The van der Waals surface area contributed by atoms with E-state index in [9.17, 15) is 4.39 Å². The molecule has 5 nitrogen and oxygen atoms in total. The van der Waals surface area contributed by atoms with Gasteiger partial charge in [0.15, 0.2) is 0 Å². The van der Waals surface area contributed by atoms with Gasteiger partial charge in [0.25, 0.3) is 5.89 Å². The molecule has 0 unspecified atom stereocenters. The van der Waals surface area contributed by atoms with E-state index in [2.05, 4.69) is 24.2 Å². The summed E-state index contributed by atoms with van der Waals surface area (Å²) in [5.74, 6) is 1.48. The minimum absolute atomic E-state index is 0.291. The van der Waals surface area contributed by atoms with E-state index in [1.807, 2.05) is 66.7 Å². The Balaban J connectivity index is 1.31. The van der Waals surface area contributed by atoms with Gasteiger partial charge in [-0.15, -0.1) is 0 Å². The zero-order valence-corrected chi connectivity index (χ0v) is 20.8. The average Bonchev–Trinajstić information content (AvgIpc) is 3.46. The van der Waals surface area contributed by atoms with E-state index in [1.165, 1.54) is 12.1 Å². The summed E-state index contributed by atoms with van der Waals surface area (Å²) >= 11 is 0. The van der Waals surface area contributed by atoms with Crippen LogP contribution in [0.4, 0.5) is 4.39 Å². The summed E-state index contributed by atoms with van der Waals surface area (Å²) in [6.07, 6.45) is 0.980. The first-order chi connectivity index (χ1) is 18.7. The Labute approximate surface area is 219 Å². The standard InChI is InChI=1S/C32H24FN3O2/c1-2-19-37-26-17-13-22(14-18-26)21-7-9-24(10-8-21)31-35-32(38-36-31)28-20-30(23-11-15-25(33)16-12-23)34-29-6-4-3-5-27(28)29/h3-18,20H,2,19H2,1H3. The lowest BCUT2D eigenvalue weighted by Crippen LogP contribution is -1.94. The molecule has 38 heavy (non-hydrogen) atoms. The largest absolute Gasteiger partial charge is 0.494 e. The second-order valence-corrected chi connectivity index (χ2v) is 8.95. The third kappa shape index (κ3) is 4.76. The Kier molecular flexibility index (Phi) is 6.36. The molecule has 6 aromatic rings. The molecule has 2 heterocycles. The van der Waals surface area contributed by atoms with Crippen molar-refractivity contribution >= 4 is 10.9 Å². The third-order valence-electron chi connectivity index (χ3n) is 6.32. The first-order valence-corrected chi connectivity index (χ1v) is 12.5. The van der Waals surface area contributed by atoms with Crippen LogP contribution in [0.2, 0.25) is 0 Å². The van der Waals surface area contributed by atoms with Crippen LogP contribution in [0.5, 0.6) is 5.75 Å². The summed E-state index contributed by atoms with van der Waals surface area (Å²) in [6.45, 7) is 2.80. The topological polar surface area (TPSA) is 61.0 Å². The van der Waals surface area contributed by atoms with Crippen molar-refractivity contribution in [1.29, 1.82) is 0 Å². The molecular weight excluding hydrogens is 477 g/mol. The molecule has 0 saturated heterocycles. The van der Waals surface area contributed by atoms with E-state index in [0.717, 1.165) is 50.9 Å². The maximum absolute atomic E-state index is 13.5. The first-order valence-electron chi connectivity index (χ1n) is 12.5. The predicted octanol–water partition coefficient (Wildman–Crippen LogP) is 8.21. The van der Waals surface area contributed by atoms with E-state index in [0.29, 0.717) is 24.0 Å². The van der Waals surface area contributed by atoms with E-state index < -0.39 is 0 Å². The van der Waals surface area contributed by atoms with Crippen LogP contribution >= 0.6 is 0 Å². The quantitative estimate of drug-likeness (QED) is 0.221. The summed E-state index contributed by atoms with van der Waals surface area (Å²) in [5.41, 5.74) is 6.11. The van der Waals surface area contributed by atoms with Crippen molar-refractivity contribution in [2.45, 2.75) is 13.3 Å². The summed E-state index contributed by atoms with van der Waals surface area (Å²) < 4.78 is 24.9. The lowest BCUT2D eigenvalue weighted by atomic mass is 10.0. The summed E-state index contributed by atoms with van der Waals surface area (Å²) in [7, 11) is 0. The summed E-state index contributed by atoms with van der Waals surface area (Å²) in [6, 6.07) is 32.1. The van der Waals surface area contributed by atoms with Gasteiger partial charge in [0.2, 0.25) is 5.82 Å². The normalized spacial score (nSPS) is 11.1. The smallest absolute Gasteiger partial charge is 0.259 e. The van der Waals surface area contributed by atoms with E-state index in [4.69, 9.17) is 19.2 Å². The number of hydrogen-bond donors (Lipinski definition) is 0. The minimum atomic E-state index is -0.291. The van der Waals surface area contributed by atoms with Crippen LogP contribution in [0, 0.1) is 5.82 Å². The van der Waals surface area contributed by atoms with E-state index in [-0.39, 0.29) is 5.82 Å². The second-order valence-electron chi connectivity index (χ2n) is 8.95. The molecule has 6 heteroatoms. The molecule has 0 fully saturated rings. The molecule has 2 aromatic heterocycles. The number of pyridine rings is 1. The fourth-order valence-electron chi connectivity index (χ4n) is 4.35. The highest BCUT2D eigenvalue weighted by Crippen LogP contribution is 2.33. The van der Waals surface area contributed by atoms with Gasteiger partial charge in [-0.05, 0) is 66.1 Å². The molecule has 0 saturated carbocycles. The predicted molar refractivity (Wildman–Crippen MR) is 147 cm³/mol. The Hall–Kier alpha value is -4.84. The Bertz CT molecular complexity index is 1690. The van der Waals surface area contributed by atoms with Crippen molar-refractivity contribution in [3.8, 4) is 51.0 Å². The van der Waals surface area contributed by atoms with Gasteiger partial charge in [0.1, 0.15) is 11.6 Å². The number of para-hydroxylation sites is 1. The van der Waals surface area contributed by atoms with Crippen molar-refractivity contribution in [2.24, 2.45) is 0 Å². The highest BCUT2D eigenvalue weighted by Gasteiger charge is 2.16. The maximum atomic E-state index is 13.5. The van der Waals surface area contributed by atoms with Gasteiger partial charge in [-0.25, -0.2) is 9.37 Å². The van der Waals surface area contributed by atoms with Gasteiger partial charge in [-0.1, -0.05) is 66.7 Å². The molecule has 0 aliphatic carbocycles. The molecule has 0 atom stereocenters. The highest BCUT2D eigenvalue weighted by atomic mass is 19.1. The molecule has 0 amide bonds. The minimum Gasteiger partial charge on any atom is -0.494 e. The molecule has 6 rings (SSSR count). The fourth-order valence-corrected chi connectivity index (χ4v) is 4.35. The number of ether oxygens (including phenoxy) is 1. The van der Waals surface area contributed by atoms with Crippen molar-refractivity contribution < 1.29 is 13.7 Å². The van der Waals surface area contributed by atoms with Gasteiger partial charge < -0.3 is 9.26 Å². The van der Waals surface area contributed by atoms with Gasteiger partial charge in [0.05, 0.1) is 23.4 Å². The monoisotopic (exact) mass is 501 g/mol. The first kappa shape index (κ1) is 23.6. The second kappa shape index (κ2) is 10.3. The lowest BCUT2D eigenvalue weighted by molar-refractivity contribution is 0.317. The Morgan fingerprint density at radius 2 is 1.39 bits per heavy atom. The van der Waals surface area contributed by atoms with Crippen LogP contribution in [0.15, 0.2) is 108 Å². The average molecular weight is 502 g/mol. The van der Waals surface area contributed by atoms with Crippen LogP contribution < -0.4 is 4.74 Å². The van der Waals surface area contributed by atoms with Crippen LogP contribution in [-0.2, 0) is 0 Å². The van der Waals surface area contributed by atoms with Crippen LogP contribution in [0.25, 0.3) is 56.1 Å². The number of rotatable bonds is 7. The molecule has 0 aliphatic heterocycles. The maximum Gasteiger partial charge on any atom is 0.259 e. The molecule has 4 aromatic carbocycles. The van der Waals surface area contributed by atoms with Gasteiger partial charge >= 0.3 is 0 Å². The fraction of sp³-hybridized carbons (Fsp3) is 0.0938. The number of fused-ring (bicyclic) bond motifs is 1. The van der Waals surface area contributed by atoms with E-state index >= 15 is 0 Å². The molecule has 0 aliphatic rings. The van der Waals surface area contributed by atoms with Crippen LogP contribution in [0.1, 0.15) is 13.3 Å². The number of halogens is 1. The van der Waals surface area contributed by atoms with E-state index in [1.54, 1.807) is 12.1 Å². The van der Waals surface area contributed by atoms with Crippen molar-refractivity contribution in [3.63, 3.8) is 0 Å². The lowest BCUT2D eigenvalue weighted by Gasteiger charge is -2.07. The van der Waals surface area contributed by atoms with Gasteiger partial charge in [-0.3, -0.25) is 0 Å². The number of benzene rings is 4. The van der Waals surface area contributed by atoms with Crippen LogP contribution in [-0.4, -0.2) is 21.7 Å². The van der Waals surface area contributed by atoms with Crippen molar-refractivity contribution in [2.75, 3.05) is 6.61 Å². The highest BCUT2D eigenvalue weighted by molar-refractivity contribution is 5.94. The third-order valence-corrected chi connectivity index (χ3v) is 6.32. The molecule has 0 spiro atoms. The van der Waals surface area contributed by atoms with Crippen molar-refractivity contribution in [3.05, 3.63) is 109 Å². The molecular formula is C32H24FN3O2. The molecule has 0 radical (unpaired) electrons. The zero-order chi connectivity index (χ0) is 25.9. The number of hydrogen-bond acceptors (Lipinski definition) is 5. The molecule has 0 bridgehead atoms. The van der Waals surface area contributed by atoms with Crippen LogP contribution in [0.3, 0.4) is 0 Å². The Morgan fingerprint density at radius 3 is 2.13 bits per heavy atom. The number of nitrogens with zero attached hydrogens (tertiary/aromatic N) is 3. The van der Waals surface area contributed by atoms with Gasteiger partial charge in [0, 0.05) is 16.5 Å². The SMILES string of the molecule is CCCOc1ccc(-c2ccc(-c3noc(-c4cc(-c5ccc(F)cc5)nc5ccccc45)n3)cc2)cc1.